The van der Waals surface area contributed by atoms with Gasteiger partial charge in [0.2, 0.25) is 5.96 Å². The van der Waals surface area contributed by atoms with Crippen molar-refractivity contribution in [1.29, 1.82) is 0 Å². The topological polar surface area (TPSA) is 88.9 Å². The molecule has 0 aliphatic heterocycles. The molecule has 0 aromatic heterocycles. The Hall–Kier alpha value is -0.850. The molecule has 0 aromatic carbocycles. The summed E-state index contributed by atoms with van der Waals surface area (Å²) in [6, 6.07) is 0. The van der Waals surface area contributed by atoms with Gasteiger partial charge in [0.25, 0.3) is 0 Å². The van der Waals surface area contributed by atoms with E-state index in [0.29, 0.717) is 19.8 Å². The molecule has 0 amide bonds. The van der Waals surface area contributed by atoms with E-state index in [9.17, 15) is 0 Å². The summed E-state index contributed by atoms with van der Waals surface area (Å²) in [6.07, 6.45) is 0. The smallest absolute Gasteiger partial charge is 0.203 e. The van der Waals surface area contributed by atoms with Crippen LogP contribution in [0.2, 0.25) is 0 Å². The number of ether oxygens (including phenoxy) is 1. The standard InChI is InChI=1S/C7H19N5O/c1-12(2)4-6-13-5-3-10-7(8)11-9/h3-6,9H2,1-2H3,(H3,8,10,11). The predicted molar refractivity (Wildman–Crippen MR) is 53.2 cm³/mol. The molecule has 0 aliphatic rings. The Morgan fingerprint density at radius 2 is 2.15 bits per heavy atom. The van der Waals surface area contributed by atoms with Gasteiger partial charge in [-0.25, -0.2) is 10.8 Å². The molecule has 78 valence electrons. The molecule has 0 rings (SSSR count). The number of nitrogens with zero attached hydrogens (tertiary/aromatic N) is 2. The van der Waals surface area contributed by atoms with Gasteiger partial charge in [-0.2, -0.15) is 0 Å². The summed E-state index contributed by atoms with van der Waals surface area (Å²) in [5.74, 6) is 5.23. The normalized spacial score (nSPS) is 12.2. The van der Waals surface area contributed by atoms with Gasteiger partial charge in [0.1, 0.15) is 0 Å². The van der Waals surface area contributed by atoms with Gasteiger partial charge >= 0.3 is 0 Å². The number of nitrogens with two attached hydrogens (primary N) is 2. The van der Waals surface area contributed by atoms with Crippen molar-refractivity contribution in [2.24, 2.45) is 16.6 Å². The van der Waals surface area contributed by atoms with Crippen LogP contribution in [-0.2, 0) is 4.74 Å². The fourth-order valence-corrected chi connectivity index (χ4v) is 0.625. The molecule has 0 atom stereocenters. The number of rotatable bonds is 6. The number of nitrogens with one attached hydrogen (secondary N) is 1. The van der Waals surface area contributed by atoms with E-state index in [2.05, 4.69) is 15.3 Å². The second-order valence-electron chi connectivity index (χ2n) is 2.83. The van der Waals surface area contributed by atoms with Crippen LogP contribution in [0, 0.1) is 0 Å². The highest BCUT2D eigenvalue weighted by molar-refractivity contribution is 5.77. The summed E-state index contributed by atoms with van der Waals surface area (Å²) in [4.78, 5) is 5.93. The third-order valence-electron chi connectivity index (χ3n) is 1.35. The third-order valence-corrected chi connectivity index (χ3v) is 1.35. The highest BCUT2D eigenvalue weighted by Crippen LogP contribution is 1.79. The van der Waals surface area contributed by atoms with Crippen molar-refractivity contribution < 1.29 is 4.74 Å². The number of likely N-dealkylation sites (N-methyl/N-ethyl adjacent to an activating group) is 1. The molecule has 6 nitrogen and oxygen atoms in total. The summed E-state index contributed by atoms with van der Waals surface area (Å²) >= 11 is 0. The van der Waals surface area contributed by atoms with Gasteiger partial charge in [0.05, 0.1) is 19.8 Å². The molecule has 0 heterocycles. The van der Waals surface area contributed by atoms with E-state index in [1.807, 2.05) is 14.1 Å². The maximum Gasteiger partial charge on any atom is 0.203 e. The largest absolute Gasteiger partial charge is 0.378 e. The molecule has 0 fully saturated rings. The Kier molecular flexibility index (Phi) is 7.27. The SMILES string of the molecule is CN(C)CCOCCN=C(N)NN. The van der Waals surface area contributed by atoms with Crippen LogP contribution in [0.15, 0.2) is 4.99 Å². The summed E-state index contributed by atoms with van der Waals surface area (Å²) < 4.78 is 5.27. The van der Waals surface area contributed by atoms with E-state index in [1.165, 1.54) is 0 Å². The Morgan fingerprint density at radius 1 is 1.46 bits per heavy atom. The molecule has 0 bridgehead atoms. The Bertz CT molecular complexity index is 148. The predicted octanol–water partition coefficient (Wildman–Crippen LogP) is -1.66. The molecular weight excluding hydrogens is 170 g/mol. The minimum atomic E-state index is 0.233. The van der Waals surface area contributed by atoms with Gasteiger partial charge < -0.3 is 15.4 Å². The van der Waals surface area contributed by atoms with E-state index >= 15 is 0 Å². The van der Waals surface area contributed by atoms with Crippen LogP contribution in [0.1, 0.15) is 0 Å². The average molecular weight is 189 g/mol. The van der Waals surface area contributed by atoms with Gasteiger partial charge in [-0.15, -0.1) is 0 Å². The summed E-state index contributed by atoms with van der Waals surface area (Å²) in [5.41, 5.74) is 7.52. The van der Waals surface area contributed by atoms with Gasteiger partial charge in [-0.1, -0.05) is 0 Å². The molecular formula is C7H19N5O. The highest BCUT2D eigenvalue weighted by Gasteiger charge is 1.90. The first-order valence-electron chi connectivity index (χ1n) is 4.16. The maximum absolute atomic E-state index is 5.29. The van der Waals surface area contributed by atoms with Crippen LogP contribution < -0.4 is 17.0 Å². The molecule has 5 N–H and O–H groups in total. The van der Waals surface area contributed by atoms with Crippen molar-refractivity contribution in [2.45, 2.75) is 0 Å². The number of hydrazine groups is 1. The van der Waals surface area contributed by atoms with Crippen molar-refractivity contribution in [3.63, 3.8) is 0 Å². The molecule has 0 unspecified atom stereocenters. The van der Waals surface area contributed by atoms with E-state index < -0.39 is 0 Å². The zero-order valence-electron chi connectivity index (χ0n) is 8.29. The van der Waals surface area contributed by atoms with Crippen molar-refractivity contribution in [3.8, 4) is 0 Å². The van der Waals surface area contributed by atoms with E-state index in [-0.39, 0.29) is 5.96 Å². The van der Waals surface area contributed by atoms with Crippen LogP contribution >= 0.6 is 0 Å². The quantitative estimate of drug-likeness (QED) is 0.153. The lowest BCUT2D eigenvalue weighted by Crippen LogP contribution is -2.37. The van der Waals surface area contributed by atoms with Crippen LogP contribution in [-0.4, -0.2) is 51.3 Å². The molecule has 0 radical (unpaired) electrons. The third kappa shape index (κ3) is 9.06. The summed E-state index contributed by atoms with van der Waals surface area (Å²) in [7, 11) is 4.00. The first kappa shape index (κ1) is 12.2. The van der Waals surface area contributed by atoms with Crippen molar-refractivity contribution >= 4 is 5.96 Å². The van der Waals surface area contributed by atoms with Crippen molar-refractivity contribution in [2.75, 3.05) is 40.4 Å². The maximum atomic E-state index is 5.29. The second kappa shape index (κ2) is 7.78. The van der Waals surface area contributed by atoms with Crippen LogP contribution in [0.4, 0.5) is 0 Å². The minimum absolute atomic E-state index is 0.233. The average Bonchev–Trinajstić information content (AvgIpc) is 2.10. The molecule has 6 heteroatoms. The van der Waals surface area contributed by atoms with Gasteiger partial charge in [-0.05, 0) is 14.1 Å². The van der Waals surface area contributed by atoms with Crippen LogP contribution in [0.25, 0.3) is 0 Å². The molecule has 13 heavy (non-hydrogen) atoms. The summed E-state index contributed by atoms with van der Waals surface area (Å²) in [5, 5.41) is 0. The summed E-state index contributed by atoms with van der Waals surface area (Å²) in [6.45, 7) is 2.71. The number of hydrogen-bond donors (Lipinski definition) is 3. The Balaban J connectivity index is 3.17. The Morgan fingerprint density at radius 3 is 2.69 bits per heavy atom. The Labute approximate surface area is 78.9 Å². The van der Waals surface area contributed by atoms with Crippen LogP contribution in [0.3, 0.4) is 0 Å². The monoisotopic (exact) mass is 189 g/mol. The molecule has 0 saturated carbocycles. The zero-order valence-corrected chi connectivity index (χ0v) is 8.29. The fraction of sp³-hybridized carbons (Fsp3) is 0.857. The van der Waals surface area contributed by atoms with Gasteiger partial charge in [0, 0.05) is 6.54 Å². The molecule has 0 aliphatic carbocycles. The molecule has 0 spiro atoms. The van der Waals surface area contributed by atoms with E-state index in [0.717, 1.165) is 6.54 Å². The van der Waals surface area contributed by atoms with Crippen LogP contribution in [0.5, 0.6) is 0 Å². The lowest BCUT2D eigenvalue weighted by atomic mass is 10.6. The van der Waals surface area contributed by atoms with Gasteiger partial charge in [-0.3, -0.25) is 5.43 Å². The number of aliphatic imine (C=N–C) groups is 1. The molecule has 0 aromatic rings. The number of hydrogen-bond acceptors (Lipinski definition) is 4. The van der Waals surface area contributed by atoms with Gasteiger partial charge in [0.15, 0.2) is 0 Å². The molecule has 0 saturated heterocycles. The van der Waals surface area contributed by atoms with E-state index in [1.54, 1.807) is 0 Å². The number of guanidine groups is 1. The zero-order chi connectivity index (χ0) is 10.1. The van der Waals surface area contributed by atoms with Crippen molar-refractivity contribution in [1.82, 2.24) is 10.3 Å². The minimum Gasteiger partial charge on any atom is -0.378 e. The fourth-order valence-electron chi connectivity index (χ4n) is 0.625. The highest BCUT2D eigenvalue weighted by atomic mass is 16.5. The first-order chi connectivity index (χ1) is 6.16. The first-order valence-corrected chi connectivity index (χ1v) is 4.16. The second-order valence-corrected chi connectivity index (χ2v) is 2.83. The van der Waals surface area contributed by atoms with E-state index in [4.69, 9.17) is 16.3 Å². The lowest BCUT2D eigenvalue weighted by molar-refractivity contribution is 0.124. The lowest BCUT2D eigenvalue weighted by Gasteiger charge is -2.08. The van der Waals surface area contributed by atoms with Crippen molar-refractivity contribution in [3.05, 3.63) is 0 Å².